The number of rotatable bonds is 6. The van der Waals surface area contributed by atoms with Crippen LogP contribution in [0.1, 0.15) is 43.7 Å². The number of nitrogens with one attached hydrogen (secondary N) is 1. The molecule has 0 bridgehead atoms. The topological polar surface area (TPSA) is 58.6 Å². The molecule has 1 fully saturated rings. The third kappa shape index (κ3) is 4.93. The number of amides is 1. The average Bonchev–Trinajstić information content (AvgIpc) is 2.54. The minimum absolute atomic E-state index is 0.00685. The van der Waals surface area contributed by atoms with Crippen molar-refractivity contribution in [3.05, 3.63) is 34.6 Å². The van der Waals surface area contributed by atoms with Crippen molar-refractivity contribution in [3.63, 3.8) is 0 Å². The van der Waals surface area contributed by atoms with Crippen molar-refractivity contribution in [1.29, 1.82) is 0 Å². The van der Waals surface area contributed by atoms with Crippen LogP contribution in [-0.4, -0.2) is 30.3 Å². The highest BCUT2D eigenvalue weighted by molar-refractivity contribution is 6.30. The van der Waals surface area contributed by atoms with E-state index in [2.05, 4.69) is 5.32 Å². The summed E-state index contributed by atoms with van der Waals surface area (Å²) in [6, 6.07) is 3.52. The minimum Gasteiger partial charge on any atom is -0.394 e. The van der Waals surface area contributed by atoms with Gasteiger partial charge in [-0.1, -0.05) is 36.9 Å². The van der Waals surface area contributed by atoms with Gasteiger partial charge in [0, 0.05) is 0 Å². The summed E-state index contributed by atoms with van der Waals surface area (Å²) in [5.41, 5.74) is 0.468. The molecule has 0 aliphatic heterocycles. The van der Waals surface area contributed by atoms with E-state index in [0.29, 0.717) is 5.56 Å². The summed E-state index contributed by atoms with van der Waals surface area (Å²) >= 11 is 5.63. The van der Waals surface area contributed by atoms with Crippen molar-refractivity contribution in [3.8, 4) is 0 Å². The maximum Gasteiger partial charge on any atom is 0.246 e. The lowest BCUT2D eigenvalue weighted by atomic mass is 9.98. The van der Waals surface area contributed by atoms with E-state index in [1.165, 1.54) is 18.6 Å². The highest BCUT2D eigenvalue weighted by Gasteiger charge is 2.18. The van der Waals surface area contributed by atoms with Crippen molar-refractivity contribution < 1.29 is 19.0 Å². The van der Waals surface area contributed by atoms with Crippen LogP contribution >= 0.6 is 11.6 Å². The Bertz CT molecular complexity index is 506. The molecule has 1 amide bonds. The van der Waals surface area contributed by atoms with E-state index < -0.39 is 11.9 Å². The third-order valence-electron chi connectivity index (χ3n) is 3.87. The summed E-state index contributed by atoms with van der Waals surface area (Å²) in [5, 5.41) is 12.0. The number of benzene rings is 1. The molecule has 0 saturated heterocycles. The lowest BCUT2D eigenvalue weighted by Crippen LogP contribution is -2.35. The Balaban J connectivity index is 1.85. The van der Waals surface area contributed by atoms with Crippen LogP contribution in [0, 0.1) is 5.82 Å². The number of carbonyl (C=O) groups is 1. The first-order chi connectivity index (χ1) is 10.6. The highest BCUT2D eigenvalue weighted by atomic mass is 35.5. The second-order valence-electron chi connectivity index (χ2n) is 5.55. The summed E-state index contributed by atoms with van der Waals surface area (Å²) in [4.78, 5) is 11.9. The zero-order valence-corrected chi connectivity index (χ0v) is 13.1. The van der Waals surface area contributed by atoms with Crippen LogP contribution in [0.2, 0.25) is 5.02 Å². The summed E-state index contributed by atoms with van der Waals surface area (Å²) in [6.45, 7) is -0.368. The maximum absolute atomic E-state index is 13.5. The summed E-state index contributed by atoms with van der Waals surface area (Å²) in [5.74, 6) is -0.898. The first-order valence-electron chi connectivity index (χ1n) is 7.57. The Morgan fingerprint density at radius 3 is 2.77 bits per heavy atom. The van der Waals surface area contributed by atoms with Crippen LogP contribution in [0.25, 0.3) is 0 Å². The largest absolute Gasteiger partial charge is 0.394 e. The molecular formula is C16H21ClFNO3. The molecule has 1 aromatic carbocycles. The molecule has 2 rings (SSSR count). The van der Waals surface area contributed by atoms with Crippen molar-refractivity contribution in [1.82, 2.24) is 5.32 Å². The molecule has 6 heteroatoms. The normalized spacial score (nSPS) is 17.2. The fraction of sp³-hybridized carbons (Fsp3) is 0.562. The fourth-order valence-corrected chi connectivity index (χ4v) is 2.74. The molecule has 0 radical (unpaired) electrons. The lowest BCUT2D eigenvalue weighted by molar-refractivity contribution is -0.129. The van der Waals surface area contributed by atoms with Crippen molar-refractivity contribution >= 4 is 17.5 Å². The van der Waals surface area contributed by atoms with Crippen LogP contribution in [0.5, 0.6) is 0 Å². The van der Waals surface area contributed by atoms with E-state index >= 15 is 0 Å². The van der Waals surface area contributed by atoms with Crippen LogP contribution in [0.15, 0.2) is 18.2 Å². The molecule has 1 saturated carbocycles. The van der Waals surface area contributed by atoms with Crippen LogP contribution in [0.4, 0.5) is 4.39 Å². The second kappa shape index (κ2) is 8.46. The third-order valence-corrected chi connectivity index (χ3v) is 4.17. The Labute approximate surface area is 134 Å². The lowest BCUT2D eigenvalue weighted by Gasteiger charge is -2.22. The Hall–Kier alpha value is -1.17. The van der Waals surface area contributed by atoms with Gasteiger partial charge in [-0.25, -0.2) is 4.39 Å². The zero-order valence-electron chi connectivity index (χ0n) is 12.4. The molecular weight excluding hydrogens is 309 g/mol. The first-order valence-corrected chi connectivity index (χ1v) is 7.94. The number of halogens is 2. The molecule has 0 aromatic heterocycles. The monoisotopic (exact) mass is 329 g/mol. The van der Waals surface area contributed by atoms with Gasteiger partial charge in [0.25, 0.3) is 0 Å². The summed E-state index contributed by atoms with van der Waals surface area (Å²) < 4.78 is 19.0. The van der Waals surface area contributed by atoms with Gasteiger partial charge in [-0.15, -0.1) is 0 Å². The molecule has 22 heavy (non-hydrogen) atoms. The summed E-state index contributed by atoms with van der Waals surface area (Å²) in [7, 11) is 0. The van der Waals surface area contributed by atoms with E-state index in [0.717, 1.165) is 25.7 Å². The molecule has 122 valence electrons. The number of ether oxygens (including phenoxy) is 1. The number of aliphatic hydroxyl groups is 1. The Morgan fingerprint density at radius 1 is 1.41 bits per heavy atom. The van der Waals surface area contributed by atoms with Gasteiger partial charge in [-0.2, -0.15) is 0 Å². The van der Waals surface area contributed by atoms with Gasteiger partial charge in [0.2, 0.25) is 5.91 Å². The van der Waals surface area contributed by atoms with Gasteiger partial charge in [0.05, 0.1) is 23.8 Å². The second-order valence-corrected chi connectivity index (χ2v) is 5.95. The van der Waals surface area contributed by atoms with E-state index in [1.807, 2.05) is 0 Å². The predicted octanol–water partition coefficient (Wildman–Crippen LogP) is 2.98. The predicted molar refractivity (Wildman–Crippen MR) is 82.2 cm³/mol. The van der Waals surface area contributed by atoms with Gasteiger partial charge >= 0.3 is 0 Å². The smallest absolute Gasteiger partial charge is 0.246 e. The van der Waals surface area contributed by atoms with Crippen molar-refractivity contribution in [2.24, 2.45) is 0 Å². The maximum atomic E-state index is 13.5. The van der Waals surface area contributed by atoms with Gasteiger partial charge < -0.3 is 15.2 Å². The quantitative estimate of drug-likeness (QED) is 0.843. The van der Waals surface area contributed by atoms with E-state index in [-0.39, 0.29) is 30.2 Å². The van der Waals surface area contributed by atoms with E-state index in [9.17, 15) is 14.3 Å². The van der Waals surface area contributed by atoms with E-state index in [1.54, 1.807) is 6.07 Å². The molecule has 1 aromatic rings. The van der Waals surface area contributed by atoms with Gasteiger partial charge in [-0.3, -0.25) is 4.79 Å². The Kier molecular flexibility index (Phi) is 6.61. The molecule has 1 aliphatic rings. The van der Waals surface area contributed by atoms with Crippen LogP contribution in [0.3, 0.4) is 0 Å². The van der Waals surface area contributed by atoms with Crippen molar-refractivity contribution in [2.75, 3.05) is 13.2 Å². The number of carbonyl (C=O) groups excluding carboxylic acids is 1. The molecule has 4 nitrogen and oxygen atoms in total. The number of aliphatic hydroxyl groups excluding tert-OH is 1. The summed E-state index contributed by atoms with van der Waals surface area (Å²) in [6.07, 6.45) is 5.60. The highest BCUT2D eigenvalue weighted by Crippen LogP contribution is 2.21. The number of hydrogen-bond donors (Lipinski definition) is 2. The molecule has 2 N–H and O–H groups in total. The van der Waals surface area contributed by atoms with E-state index in [4.69, 9.17) is 16.3 Å². The van der Waals surface area contributed by atoms with Gasteiger partial charge in [0.1, 0.15) is 12.4 Å². The zero-order chi connectivity index (χ0) is 15.9. The SMILES string of the molecule is O=C(COC1CCCCC1)NC(CO)c1ccc(Cl)c(F)c1. The molecule has 0 spiro atoms. The van der Waals surface area contributed by atoms with Gasteiger partial charge in [-0.05, 0) is 30.5 Å². The first kappa shape index (κ1) is 17.2. The standard InChI is InChI=1S/C16H21ClFNO3/c17-13-7-6-11(8-14(13)18)15(9-20)19-16(21)10-22-12-4-2-1-3-5-12/h6-8,12,15,20H,1-5,9-10H2,(H,19,21). The van der Waals surface area contributed by atoms with Crippen LogP contribution in [-0.2, 0) is 9.53 Å². The fourth-order valence-electron chi connectivity index (χ4n) is 2.62. The Morgan fingerprint density at radius 2 is 2.14 bits per heavy atom. The van der Waals surface area contributed by atoms with Crippen LogP contribution < -0.4 is 5.32 Å². The van der Waals surface area contributed by atoms with Gasteiger partial charge in [0.15, 0.2) is 0 Å². The number of hydrogen-bond acceptors (Lipinski definition) is 3. The average molecular weight is 330 g/mol. The molecule has 0 heterocycles. The van der Waals surface area contributed by atoms with Crippen molar-refractivity contribution in [2.45, 2.75) is 44.2 Å². The molecule has 1 aliphatic carbocycles. The molecule has 1 atom stereocenters. The minimum atomic E-state index is -0.672. The molecule has 1 unspecified atom stereocenters.